The Morgan fingerprint density at radius 2 is 2.25 bits per heavy atom. The third kappa shape index (κ3) is 2.89. The van der Waals surface area contributed by atoms with Gasteiger partial charge in [-0.2, -0.15) is 0 Å². The predicted molar refractivity (Wildman–Crippen MR) is 70.3 cm³/mol. The summed E-state index contributed by atoms with van der Waals surface area (Å²) in [7, 11) is 4.14. The van der Waals surface area contributed by atoms with E-state index in [1.54, 1.807) is 0 Å². The first-order valence-electron chi connectivity index (χ1n) is 6.00. The number of benzene rings is 1. The molecule has 2 N–H and O–H groups in total. The van der Waals surface area contributed by atoms with E-state index in [4.69, 9.17) is 0 Å². The van der Waals surface area contributed by atoms with Gasteiger partial charge < -0.3 is 15.5 Å². The minimum Gasteiger partial charge on any atom is -0.381 e. The predicted octanol–water partition coefficient (Wildman–Crippen LogP) is 1.92. The molecule has 3 heteroatoms. The van der Waals surface area contributed by atoms with Crippen molar-refractivity contribution < 1.29 is 0 Å². The number of nitrogens with one attached hydrogen (secondary N) is 2. The van der Waals surface area contributed by atoms with Gasteiger partial charge in [0.2, 0.25) is 0 Å². The molecule has 1 aromatic rings. The maximum absolute atomic E-state index is 3.59. The molecule has 1 fully saturated rings. The van der Waals surface area contributed by atoms with Crippen LogP contribution in [0, 0.1) is 0 Å². The number of piperidine rings is 1. The second kappa shape index (κ2) is 5.21. The summed E-state index contributed by atoms with van der Waals surface area (Å²) in [6.07, 6.45) is 2.53. The highest BCUT2D eigenvalue weighted by Crippen LogP contribution is 2.19. The number of hydrogen-bond donors (Lipinski definition) is 2. The van der Waals surface area contributed by atoms with Crippen molar-refractivity contribution >= 4 is 11.4 Å². The summed E-state index contributed by atoms with van der Waals surface area (Å²) in [6, 6.07) is 9.15. The van der Waals surface area contributed by atoms with E-state index in [1.807, 2.05) is 0 Å². The summed E-state index contributed by atoms with van der Waals surface area (Å²) in [6.45, 7) is 2.24. The molecule has 0 spiro atoms. The quantitative estimate of drug-likeness (QED) is 0.813. The smallest absolute Gasteiger partial charge is 0.0386 e. The average Bonchev–Trinajstić information content (AvgIpc) is 2.30. The van der Waals surface area contributed by atoms with Crippen LogP contribution in [0.5, 0.6) is 0 Å². The summed E-state index contributed by atoms with van der Waals surface area (Å²) in [5.41, 5.74) is 2.47. The Labute approximate surface area is 97.8 Å². The zero-order valence-corrected chi connectivity index (χ0v) is 10.2. The number of anilines is 2. The van der Waals surface area contributed by atoms with Gasteiger partial charge in [0.25, 0.3) is 0 Å². The van der Waals surface area contributed by atoms with Crippen molar-refractivity contribution in [2.45, 2.75) is 18.9 Å². The molecule has 0 bridgehead atoms. The lowest BCUT2D eigenvalue weighted by Gasteiger charge is -2.25. The third-order valence-electron chi connectivity index (χ3n) is 3.03. The molecule has 0 radical (unpaired) electrons. The summed E-state index contributed by atoms with van der Waals surface area (Å²) in [4.78, 5) is 2.13. The van der Waals surface area contributed by atoms with Gasteiger partial charge in [0, 0.05) is 38.1 Å². The number of hydrogen-bond acceptors (Lipinski definition) is 3. The molecule has 1 aromatic carbocycles. The summed E-state index contributed by atoms with van der Waals surface area (Å²) < 4.78 is 0. The Hall–Kier alpha value is -1.22. The average molecular weight is 219 g/mol. The molecule has 0 aromatic heterocycles. The standard InChI is InChI=1S/C13H21N3/c1-16(2)13-7-3-5-11(9-13)15-12-6-4-8-14-10-12/h3,5,7,9,12,14-15H,4,6,8,10H2,1-2H3. The Morgan fingerprint density at radius 3 is 2.94 bits per heavy atom. The normalized spacial score (nSPS) is 20.5. The van der Waals surface area contributed by atoms with Crippen LogP contribution in [0.25, 0.3) is 0 Å². The molecule has 1 aliphatic rings. The fourth-order valence-electron chi connectivity index (χ4n) is 2.08. The Morgan fingerprint density at radius 1 is 1.38 bits per heavy atom. The van der Waals surface area contributed by atoms with Crippen LogP contribution in [0.3, 0.4) is 0 Å². The molecule has 0 amide bonds. The van der Waals surface area contributed by atoms with Gasteiger partial charge in [-0.1, -0.05) is 6.07 Å². The van der Waals surface area contributed by atoms with Crippen molar-refractivity contribution in [2.75, 3.05) is 37.4 Å². The van der Waals surface area contributed by atoms with Gasteiger partial charge >= 0.3 is 0 Å². The van der Waals surface area contributed by atoms with Gasteiger partial charge in [-0.15, -0.1) is 0 Å². The largest absolute Gasteiger partial charge is 0.381 e. The van der Waals surface area contributed by atoms with E-state index in [0.717, 1.165) is 13.1 Å². The number of nitrogens with zero attached hydrogens (tertiary/aromatic N) is 1. The molecule has 1 aliphatic heterocycles. The van der Waals surface area contributed by atoms with E-state index in [9.17, 15) is 0 Å². The van der Waals surface area contributed by atoms with E-state index >= 15 is 0 Å². The minimum atomic E-state index is 0.575. The van der Waals surface area contributed by atoms with E-state index in [0.29, 0.717) is 6.04 Å². The van der Waals surface area contributed by atoms with Gasteiger partial charge in [-0.05, 0) is 37.6 Å². The Balaban J connectivity index is 2.00. The highest BCUT2D eigenvalue weighted by molar-refractivity contribution is 5.57. The molecule has 0 aliphatic carbocycles. The SMILES string of the molecule is CN(C)c1cccc(NC2CCCNC2)c1. The van der Waals surface area contributed by atoms with Crippen LogP contribution in [-0.4, -0.2) is 33.2 Å². The Bertz CT molecular complexity index is 330. The van der Waals surface area contributed by atoms with Crippen molar-refractivity contribution in [1.82, 2.24) is 5.32 Å². The molecule has 0 saturated carbocycles. The van der Waals surface area contributed by atoms with E-state index in [2.05, 4.69) is 53.9 Å². The monoisotopic (exact) mass is 219 g/mol. The van der Waals surface area contributed by atoms with Gasteiger partial charge in [0.15, 0.2) is 0 Å². The van der Waals surface area contributed by atoms with Crippen LogP contribution in [-0.2, 0) is 0 Å². The summed E-state index contributed by atoms with van der Waals surface area (Å²) in [5, 5.41) is 7.01. The molecule has 16 heavy (non-hydrogen) atoms. The second-order valence-corrected chi connectivity index (χ2v) is 4.63. The second-order valence-electron chi connectivity index (χ2n) is 4.63. The van der Waals surface area contributed by atoms with Crippen LogP contribution >= 0.6 is 0 Å². The van der Waals surface area contributed by atoms with Crippen LogP contribution in [0.1, 0.15) is 12.8 Å². The lowest BCUT2D eigenvalue weighted by Crippen LogP contribution is -2.38. The summed E-state index contributed by atoms with van der Waals surface area (Å²) in [5.74, 6) is 0. The van der Waals surface area contributed by atoms with Crippen LogP contribution < -0.4 is 15.5 Å². The summed E-state index contributed by atoms with van der Waals surface area (Å²) >= 11 is 0. The molecule has 88 valence electrons. The van der Waals surface area contributed by atoms with Gasteiger partial charge in [0.05, 0.1) is 0 Å². The van der Waals surface area contributed by atoms with Gasteiger partial charge in [-0.25, -0.2) is 0 Å². The minimum absolute atomic E-state index is 0.575. The molecule has 1 saturated heterocycles. The fraction of sp³-hybridized carbons (Fsp3) is 0.538. The van der Waals surface area contributed by atoms with Gasteiger partial charge in [-0.3, -0.25) is 0 Å². The van der Waals surface area contributed by atoms with Crippen molar-refractivity contribution in [3.63, 3.8) is 0 Å². The van der Waals surface area contributed by atoms with Crippen molar-refractivity contribution in [1.29, 1.82) is 0 Å². The zero-order chi connectivity index (χ0) is 11.4. The maximum Gasteiger partial charge on any atom is 0.0386 e. The first kappa shape index (κ1) is 11.3. The van der Waals surface area contributed by atoms with Gasteiger partial charge in [0.1, 0.15) is 0 Å². The van der Waals surface area contributed by atoms with E-state index < -0.39 is 0 Å². The fourth-order valence-corrected chi connectivity index (χ4v) is 2.08. The lowest BCUT2D eigenvalue weighted by atomic mass is 10.1. The molecule has 1 unspecified atom stereocenters. The first-order chi connectivity index (χ1) is 7.75. The molecular formula is C13H21N3. The van der Waals surface area contributed by atoms with Crippen LogP contribution in [0.4, 0.5) is 11.4 Å². The highest BCUT2D eigenvalue weighted by Gasteiger charge is 2.12. The first-order valence-corrected chi connectivity index (χ1v) is 6.00. The molecule has 3 nitrogen and oxygen atoms in total. The molecule has 1 atom stereocenters. The van der Waals surface area contributed by atoms with E-state index in [1.165, 1.54) is 24.2 Å². The van der Waals surface area contributed by atoms with Crippen LogP contribution in [0.15, 0.2) is 24.3 Å². The van der Waals surface area contributed by atoms with Crippen molar-refractivity contribution in [2.24, 2.45) is 0 Å². The topological polar surface area (TPSA) is 27.3 Å². The zero-order valence-electron chi connectivity index (χ0n) is 10.2. The number of rotatable bonds is 3. The third-order valence-corrected chi connectivity index (χ3v) is 3.03. The van der Waals surface area contributed by atoms with Crippen molar-refractivity contribution in [3.8, 4) is 0 Å². The Kier molecular flexibility index (Phi) is 3.67. The molecule has 1 heterocycles. The van der Waals surface area contributed by atoms with Crippen molar-refractivity contribution in [3.05, 3.63) is 24.3 Å². The van der Waals surface area contributed by atoms with E-state index in [-0.39, 0.29) is 0 Å². The lowest BCUT2D eigenvalue weighted by molar-refractivity contribution is 0.480. The molecular weight excluding hydrogens is 198 g/mol. The van der Waals surface area contributed by atoms with Crippen LogP contribution in [0.2, 0.25) is 0 Å². The molecule has 2 rings (SSSR count). The highest BCUT2D eigenvalue weighted by atomic mass is 15.1. The maximum atomic E-state index is 3.59.